The number of alkyl carbamates (subject to hydrolysis) is 1. The zero-order valence-electron chi connectivity index (χ0n) is 18.5. The maximum absolute atomic E-state index is 13.0. The SMILES string of the molecule is CC1CN(C(=O)C(CCC(=O)O)NC(=O)OCC2c3ccccc3-c3ccccc32)CCO1. The minimum absolute atomic E-state index is 0.00982. The molecule has 8 nitrogen and oxygen atoms in total. The molecule has 2 aliphatic rings. The fourth-order valence-electron chi connectivity index (χ4n) is 4.55. The molecule has 2 unspecified atom stereocenters. The first kappa shape index (κ1) is 22.8. The number of morpholine rings is 1. The summed E-state index contributed by atoms with van der Waals surface area (Å²) in [6.45, 7) is 3.19. The number of ether oxygens (including phenoxy) is 2. The number of aliphatic carboxylic acids is 1. The van der Waals surface area contributed by atoms with Gasteiger partial charge in [-0.05, 0) is 35.6 Å². The molecular formula is C25H28N2O6. The molecule has 8 heteroatoms. The van der Waals surface area contributed by atoms with E-state index in [9.17, 15) is 14.4 Å². The Morgan fingerprint density at radius 3 is 2.36 bits per heavy atom. The Morgan fingerprint density at radius 2 is 1.76 bits per heavy atom. The third-order valence-electron chi connectivity index (χ3n) is 6.13. The molecule has 0 radical (unpaired) electrons. The Hall–Kier alpha value is -3.39. The second-order valence-corrected chi connectivity index (χ2v) is 8.42. The quantitative estimate of drug-likeness (QED) is 0.669. The highest BCUT2D eigenvalue weighted by atomic mass is 16.5. The topological polar surface area (TPSA) is 105 Å². The predicted molar refractivity (Wildman–Crippen MR) is 121 cm³/mol. The highest BCUT2D eigenvalue weighted by molar-refractivity contribution is 5.86. The number of hydrogen-bond acceptors (Lipinski definition) is 5. The van der Waals surface area contributed by atoms with Gasteiger partial charge in [0.1, 0.15) is 12.6 Å². The predicted octanol–water partition coefficient (Wildman–Crippen LogP) is 3.01. The van der Waals surface area contributed by atoms with Crippen molar-refractivity contribution in [2.75, 3.05) is 26.3 Å². The number of fused-ring (bicyclic) bond motifs is 3. The van der Waals surface area contributed by atoms with Crippen LogP contribution >= 0.6 is 0 Å². The lowest BCUT2D eigenvalue weighted by atomic mass is 9.98. The molecule has 1 saturated heterocycles. The summed E-state index contributed by atoms with van der Waals surface area (Å²) in [5.74, 6) is -1.45. The summed E-state index contributed by atoms with van der Waals surface area (Å²) in [5, 5.41) is 11.7. The second-order valence-electron chi connectivity index (χ2n) is 8.42. The van der Waals surface area contributed by atoms with Crippen LogP contribution in [0.2, 0.25) is 0 Å². The van der Waals surface area contributed by atoms with Crippen LogP contribution in [0, 0.1) is 0 Å². The molecule has 33 heavy (non-hydrogen) atoms. The molecule has 2 aromatic rings. The van der Waals surface area contributed by atoms with Crippen LogP contribution in [0.25, 0.3) is 11.1 Å². The average molecular weight is 453 g/mol. The number of amides is 2. The summed E-state index contributed by atoms with van der Waals surface area (Å²) in [7, 11) is 0. The third-order valence-corrected chi connectivity index (χ3v) is 6.13. The largest absolute Gasteiger partial charge is 0.481 e. The van der Waals surface area contributed by atoms with E-state index in [0.717, 1.165) is 22.3 Å². The molecule has 1 aliphatic carbocycles. The van der Waals surface area contributed by atoms with Crippen molar-refractivity contribution in [2.45, 2.75) is 37.8 Å². The molecular weight excluding hydrogens is 424 g/mol. The summed E-state index contributed by atoms with van der Waals surface area (Å²) in [4.78, 5) is 38.3. The Morgan fingerprint density at radius 1 is 1.12 bits per heavy atom. The summed E-state index contributed by atoms with van der Waals surface area (Å²) in [6, 6.07) is 15.1. The summed E-state index contributed by atoms with van der Waals surface area (Å²) < 4.78 is 11.0. The van der Waals surface area contributed by atoms with Crippen molar-refractivity contribution in [2.24, 2.45) is 0 Å². The van der Waals surface area contributed by atoms with Gasteiger partial charge in [0.25, 0.3) is 0 Å². The maximum Gasteiger partial charge on any atom is 0.407 e. The van der Waals surface area contributed by atoms with E-state index < -0.39 is 18.1 Å². The molecule has 2 atom stereocenters. The molecule has 174 valence electrons. The van der Waals surface area contributed by atoms with Gasteiger partial charge in [-0.1, -0.05) is 48.5 Å². The van der Waals surface area contributed by atoms with Crippen LogP contribution in [0.15, 0.2) is 48.5 Å². The lowest BCUT2D eigenvalue weighted by molar-refractivity contribution is -0.141. The van der Waals surface area contributed by atoms with E-state index in [0.29, 0.717) is 19.7 Å². The molecule has 0 saturated carbocycles. The number of carbonyl (C=O) groups excluding carboxylic acids is 2. The van der Waals surface area contributed by atoms with Crippen molar-refractivity contribution in [1.82, 2.24) is 10.2 Å². The van der Waals surface area contributed by atoms with Gasteiger partial charge in [-0.25, -0.2) is 4.79 Å². The standard InChI is InChI=1S/C25H28N2O6/c1-16-14-27(12-13-32-16)24(30)22(10-11-23(28)29)26-25(31)33-15-21-19-8-4-2-6-17(19)18-7-3-5-9-20(18)21/h2-9,16,21-22H,10-15H2,1H3,(H,26,31)(H,28,29). The summed E-state index contributed by atoms with van der Waals surface area (Å²) >= 11 is 0. The van der Waals surface area contributed by atoms with Crippen molar-refractivity contribution in [3.8, 4) is 11.1 Å². The van der Waals surface area contributed by atoms with E-state index >= 15 is 0 Å². The minimum Gasteiger partial charge on any atom is -0.481 e. The van der Waals surface area contributed by atoms with Gasteiger partial charge in [-0.2, -0.15) is 0 Å². The van der Waals surface area contributed by atoms with Crippen LogP contribution in [-0.2, 0) is 19.1 Å². The van der Waals surface area contributed by atoms with E-state index in [4.69, 9.17) is 14.6 Å². The lowest BCUT2D eigenvalue weighted by Gasteiger charge is -2.33. The van der Waals surface area contributed by atoms with Crippen molar-refractivity contribution < 1.29 is 29.0 Å². The van der Waals surface area contributed by atoms with Crippen LogP contribution < -0.4 is 5.32 Å². The van der Waals surface area contributed by atoms with Gasteiger partial charge >= 0.3 is 12.1 Å². The van der Waals surface area contributed by atoms with Crippen LogP contribution in [0.3, 0.4) is 0 Å². The summed E-state index contributed by atoms with van der Waals surface area (Å²) in [6.07, 6.45) is -1.09. The Labute approximate surface area is 192 Å². The van der Waals surface area contributed by atoms with Crippen LogP contribution in [0.1, 0.15) is 36.8 Å². The molecule has 0 aromatic heterocycles. The smallest absolute Gasteiger partial charge is 0.407 e. The van der Waals surface area contributed by atoms with Gasteiger partial charge in [0.2, 0.25) is 5.91 Å². The first-order valence-corrected chi connectivity index (χ1v) is 11.2. The minimum atomic E-state index is -1.03. The molecule has 0 spiro atoms. The maximum atomic E-state index is 13.0. The average Bonchev–Trinajstić information content (AvgIpc) is 3.13. The van der Waals surface area contributed by atoms with Gasteiger partial charge < -0.3 is 24.8 Å². The Bertz CT molecular complexity index is 994. The van der Waals surface area contributed by atoms with E-state index in [1.165, 1.54) is 0 Å². The third kappa shape index (κ3) is 5.17. The first-order chi connectivity index (χ1) is 15.9. The van der Waals surface area contributed by atoms with E-state index in [-0.39, 0.29) is 37.4 Å². The highest BCUT2D eigenvalue weighted by Crippen LogP contribution is 2.44. The van der Waals surface area contributed by atoms with Gasteiger partial charge in [0, 0.05) is 25.4 Å². The van der Waals surface area contributed by atoms with Gasteiger partial charge in [-0.15, -0.1) is 0 Å². The normalized spacial score (nSPS) is 18.2. The summed E-state index contributed by atoms with van der Waals surface area (Å²) in [5.41, 5.74) is 4.43. The van der Waals surface area contributed by atoms with Crippen LogP contribution in [0.5, 0.6) is 0 Å². The van der Waals surface area contributed by atoms with Gasteiger partial charge in [0.15, 0.2) is 0 Å². The van der Waals surface area contributed by atoms with E-state index in [1.807, 2.05) is 43.3 Å². The Balaban J connectivity index is 1.42. The molecule has 2 N–H and O–H groups in total. The molecule has 0 bridgehead atoms. The molecule has 1 fully saturated rings. The molecule has 2 aromatic carbocycles. The van der Waals surface area contributed by atoms with E-state index in [1.54, 1.807) is 4.90 Å². The fraction of sp³-hybridized carbons (Fsp3) is 0.400. The number of nitrogens with zero attached hydrogens (tertiary/aromatic N) is 1. The van der Waals surface area contributed by atoms with Crippen LogP contribution in [-0.4, -0.2) is 66.4 Å². The van der Waals surface area contributed by atoms with E-state index in [2.05, 4.69) is 17.4 Å². The number of carboxylic acids is 1. The molecule has 1 heterocycles. The van der Waals surface area contributed by atoms with Crippen molar-refractivity contribution in [3.63, 3.8) is 0 Å². The molecule has 4 rings (SSSR count). The zero-order chi connectivity index (χ0) is 23.4. The first-order valence-electron chi connectivity index (χ1n) is 11.2. The Kier molecular flexibility index (Phi) is 6.93. The van der Waals surface area contributed by atoms with Crippen molar-refractivity contribution in [1.29, 1.82) is 0 Å². The highest BCUT2D eigenvalue weighted by Gasteiger charge is 2.32. The lowest BCUT2D eigenvalue weighted by Crippen LogP contribution is -2.53. The molecule has 2 amide bonds. The number of benzene rings is 2. The number of carbonyl (C=O) groups is 3. The van der Waals surface area contributed by atoms with Crippen LogP contribution in [0.4, 0.5) is 4.79 Å². The van der Waals surface area contributed by atoms with Gasteiger partial charge in [-0.3, -0.25) is 9.59 Å². The van der Waals surface area contributed by atoms with Crippen molar-refractivity contribution >= 4 is 18.0 Å². The number of carboxylic acid groups (broad SMARTS) is 1. The number of nitrogens with one attached hydrogen (secondary N) is 1. The number of hydrogen-bond donors (Lipinski definition) is 2. The fourth-order valence-corrected chi connectivity index (χ4v) is 4.55. The number of rotatable bonds is 7. The van der Waals surface area contributed by atoms with Crippen molar-refractivity contribution in [3.05, 3.63) is 59.7 Å². The second kappa shape index (κ2) is 10.0. The molecule has 1 aliphatic heterocycles. The van der Waals surface area contributed by atoms with Gasteiger partial charge in [0.05, 0.1) is 12.7 Å². The monoisotopic (exact) mass is 452 g/mol. The zero-order valence-corrected chi connectivity index (χ0v) is 18.5.